The number of methoxy groups -OCH3 is 1. The molecule has 4 nitrogen and oxygen atoms in total. The largest absolute Gasteiger partial charge is 0.497 e. The van der Waals surface area contributed by atoms with E-state index >= 15 is 0 Å². The lowest BCUT2D eigenvalue weighted by Crippen LogP contribution is -2.46. The van der Waals surface area contributed by atoms with Crippen LogP contribution in [0.3, 0.4) is 0 Å². The quantitative estimate of drug-likeness (QED) is 0.798. The first kappa shape index (κ1) is 18.9. The topological polar surface area (TPSA) is 47.9 Å². The van der Waals surface area contributed by atoms with Gasteiger partial charge in [0.2, 0.25) is 0 Å². The number of aliphatic hydroxyl groups excluding tert-OH is 1. The summed E-state index contributed by atoms with van der Waals surface area (Å²) in [7, 11) is 1.69. The normalized spacial score (nSPS) is 42.4. The number of ether oxygens (including phenoxy) is 3. The first-order chi connectivity index (χ1) is 13.6. The minimum atomic E-state index is -0.379. The summed E-state index contributed by atoms with van der Waals surface area (Å²) in [4.78, 5) is 0. The van der Waals surface area contributed by atoms with E-state index in [2.05, 4.69) is 19.1 Å². The first-order valence-corrected chi connectivity index (χ1v) is 11.2. The Morgan fingerprint density at radius 3 is 2.79 bits per heavy atom. The highest BCUT2D eigenvalue weighted by Gasteiger charge is 2.56. The Labute approximate surface area is 168 Å². The number of benzene rings is 1. The smallest absolute Gasteiger partial charge is 0.157 e. The van der Waals surface area contributed by atoms with Gasteiger partial charge in [-0.1, -0.05) is 13.0 Å². The molecule has 5 rings (SSSR count). The SMILES string of the molecule is COc1ccc2c(c1)C(O)C[C@@H]1[C@@H]2CC[C@]2(C)[C@@H](OC3CCCCO3)CC[C@@H]12. The summed E-state index contributed by atoms with van der Waals surface area (Å²) in [5.41, 5.74) is 2.66. The molecule has 1 heterocycles. The molecule has 1 aromatic rings. The third-order valence-electron chi connectivity index (χ3n) is 8.35. The van der Waals surface area contributed by atoms with E-state index in [1.54, 1.807) is 7.11 Å². The van der Waals surface area contributed by atoms with E-state index in [0.717, 1.165) is 43.6 Å². The maximum atomic E-state index is 10.9. The van der Waals surface area contributed by atoms with Crippen LogP contribution in [0.25, 0.3) is 0 Å². The van der Waals surface area contributed by atoms with E-state index < -0.39 is 0 Å². The molecule has 28 heavy (non-hydrogen) atoms. The van der Waals surface area contributed by atoms with E-state index in [9.17, 15) is 5.11 Å². The molecule has 4 aliphatic rings. The van der Waals surface area contributed by atoms with Crippen LogP contribution in [0.15, 0.2) is 18.2 Å². The Morgan fingerprint density at radius 2 is 2.00 bits per heavy atom. The zero-order chi connectivity index (χ0) is 19.3. The van der Waals surface area contributed by atoms with Crippen LogP contribution in [0.5, 0.6) is 5.75 Å². The van der Waals surface area contributed by atoms with Gasteiger partial charge in [-0.3, -0.25) is 0 Å². The fourth-order valence-electron chi connectivity index (χ4n) is 6.87. The molecule has 1 N–H and O–H groups in total. The molecule has 0 bridgehead atoms. The molecule has 2 saturated carbocycles. The van der Waals surface area contributed by atoms with Crippen molar-refractivity contribution in [2.45, 2.75) is 82.7 Å². The van der Waals surface area contributed by atoms with Crippen molar-refractivity contribution in [2.24, 2.45) is 17.3 Å². The minimum absolute atomic E-state index is 0.00261. The summed E-state index contributed by atoms with van der Waals surface area (Å²) < 4.78 is 17.8. The van der Waals surface area contributed by atoms with Gasteiger partial charge in [0.25, 0.3) is 0 Å². The van der Waals surface area contributed by atoms with Gasteiger partial charge in [0.15, 0.2) is 6.29 Å². The third-order valence-corrected chi connectivity index (χ3v) is 8.35. The minimum Gasteiger partial charge on any atom is -0.497 e. The Bertz CT molecular complexity index is 713. The molecule has 3 fully saturated rings. The van der Waals surface area contributed by atoms with E-state index in [0.29, 0.717) is 23.9 Å². The molecule has 1 aliphatic heterocycles. The number of hydrogen-bond donors (Lipinski definition) is 1. The zero-order valence-corrected chi connectivity index (χ0v) is 17.2. The monoisotopic (exact) mass is 386 g/mol. The fourth-order valence-corrected chi connectivity index (χ4v) is 6.87. The maximum absolute atomic E-state index is 10.9. The van der Waals surface area contributed by atoms with E-state index in [1.165, 1.54) is 31.2 Å². The molecule has 0 spiro atoms. The summed E-state index contributed by atoms with van der Waals surface area (Å²) in [5, 5.41) is 10.9. The van der Waals surface area contributed by atoms with Gasteiger partial charge in [0.1, 0.15) is 5.75 Å². The van der Waals surface area contributed by atoms with Crippen molar-refractivity contribution in [3.63, 3.8) is 0 Å². The molecule has 154 valence electrons. The van der Waals surface area contributed by atoms with Crippen molar-refractivity contribution in [1.29, 1.82) is 0 Å². The van der Waals surface area contributed by atoms with E-state index in [-0.39, 0.29) is 17.8 Å². The lowest BCUT2D eigenvalue weighted by atomic mass is 9.55. The standard InChI is InChI=1S/C24H34O4/c1-24-11-10-17-16-7-6-15(26-2)13-19(16)21(25)14-18(17)20(24)8-9-22(24)28-23-5-3-4-12-27-23/h6-7,13,17-18,20-23,25H,3-5,8-12,14H2,1-2H3/t17-,18-,20+,21?,22+,23?,24+/m1/s1. The molecule has 4 heteroatoms. The Hall–Kier alpha value is -1.10. The van der Waals surface area contributed by atoms with Crippen LogP contribution in [0.1, 0.15) is 81.4 Å². The molecule has 7 atom stereocenters. The van der Waals surface area contributed by atoms with Gasteiger partial charge in [-0.15, -0.1) is 0 Å². The Kier molecular flexibility index (Phi) is 4.93. The van der Waals surface area contributed by atoms with Crippen molar-refractivity contribution in [2.75, 3.05) is 13.7 Å². The van der Waals surface area contributed by atoms with E-state index in [4.69, 9.17) is 14.2 Å². The van der Waals surface area contributed by atoms with Crippen molar-refractivity contribution in [3.8, 4) is 5.75 Å². The van der Waals surface area contributed by atoms with Crippen LogP contribution in [0, 0.1) is 17.3 Å². The van der Waals surface area contributed by atoms with Crippen molar-refractivity contribution < 1.29 is 19.3 Å². The van der Waals surface area contributed by atoms with E-state index in [1.807, 2.05) is 6.07 Å². The van der Waals surface area contributed by atoms with Gasteiger partial charge >= 0.3 is 0 Å². The van der Waals surface area contributed by atoms with Crippen LogP contribution in [-0.4, -0.2) is 31.2 Å². The van der Waals surface area contributed by atoms with Crippen molar-refractivity contribution in [3.05, 3.63) is 29.3 Å². The van der Waals surface area contributed by atoms with Gasteiger partial charge in [0.05, 0.1) is 19.3 Å². The predicted octanol–water partition coefficient (Wildman–Crippen LogP) is 4.95. The number of aliphatic hydroxyl groups is 1. The second-order valence-corrected chi connectivity index (χ2v) is 9.67. The average Bonchev–Trinajstić information content (AvgIpc) is 3.05. The summed E-state index contributed by atoms with van der Waals surface area (Å²) in [6, 6.07) is 6.31. The molecule has 3 aliphatic carbocycles. The summed E-state index contributed by atoms with van der Waals surface area (Å²) in [5.74, 6) is 2.59. The van der Waals surface area contributed by atoms with Gasteiger partial charge < -0.3 is 19.3 Å². The highest BCUT2D eigenvalue weighted by molar-refractivity contribution is 5.42. The fraction of sp³-hybridized carbons (Fsp3) is 0.750. The highest BCUT2D eigenvalue weighted by atomic mass is 16.7. The lowest BCUT2D eigenvalue weighted by Gasteiger charge is -2.51. The van der Waals surface area contributed by atoms with Gasteiger partial charge in [-0.2, -0.15) is 0 Å². The molecule has 0 amide bonds. The first-order valence-electron chi connectivity index (χ1n) is 11.2. The maximum Gasteiger partial charge on any atom is 0.157 e. The lowest BCUT2D eigenvalue weighted by molar-refractivity contribution is -0.213. The molecule has 0 aromatic heterocycles. The number of rotatable bonds is 3. The van der Waals surface area contributed by atoms with Crippen molar-refractivity contribution >= 4 is 0 Å². The third kappa shape index (κ3) is 3.00. The van der Waals surface area contributed by atoms with Crippen molar-refractivity contribution in [1.82, 2.24) is 0 Å². The highest BCUT2D eigenvalue weighted by Crippen LogP contribution is 2.63. The van der Waals surface area contributed by atoms with Crippen LogP contribution < -0.4 is 4.74 Å². The zero-order valence-electron chi connectivity index (χ0n) is 17.2. The summed E-state index contributed by atoms with van der Waals surface area (Å²) in [6.07, 6.45) is 8.96. The van der Waals surface area contributed by atoms with Crippen LogP contribution >= 0.6 is 0 Å². The summed E-state index contributed by atoms with van der Waals surface area (Å²) in [6.45, 7) is 3.29. The number of hydrogen-bond acceptors (Lipinski definition) is 4. The number of fused-ring (bicyclic) bond motifs is 5. The Balaban J connectivity index is 1.38. The van der Waals surface area contributed by atoms with Crippen LogP contribution in [0.4, 0.5) is 0 Å². The summed E-state index contributed by atoms with van der Waals surface area (Å²) >= 11 is 0. The van der Waals surface area contributed by atoms with Crippen LogP contribution in [0.2, 0.25) is 0 Å². The van der Waals surface area contributed by atoms with Gasteiger partial charge in [-0.25, -0.2) is 0 Å². The van der Waals surface area contributed by atoms with Crippen LogP contribution in [-0.2, 0) is 9.47 Å². The second-order valence-electron chi connectivity index (χ2n) is 9.67. The average molecular weight is 387 g/mol. The molecule has 1 saturated heterocycles. The van der Waals surface area contributed by atoms with Gasteiger partial charge in [0, 0.05) is 6.61 Å². The molecular formula is C24H34O4. The molecular weight excluding hydrogens is 352 g/mol. The van der Waals surface area contributed by atoms with Gasteiger partial charge in [-0.05, 0) is 97.8 Å². The molecule has 1 aromatic carbocycles. The Morgan fingerprint density at radius 1 is 1.11 bits per heavy atom. The molecule has 2 unspecified atom stereocenters. The molecule has 0 radical (unpaired) electrons. The second kappa shape index (κ2) is 7.30. The predicted molar refractivity (Wildman–Crippen MR) is 107 cm³/mol.